The second-order valence-corrected chi connectivity index (χ2v) is 19.5. The topological polar surface area (TPSA) is 101 Å². The van der Waals surface area contributed by atoms with Crippen molar-refractivity contribution in [2.45, 2.75) is 64.7 Å². The van der Waals surface area contributed by atoms with Crippen molar-refractivity contribution in [2.75, 3.05) is 78.1 Å². The van der Waals surface area contributed by atoms with Gasteiger partial charge in [-0.2, -0.15) is 5.10 Å². The van der Waals surface area contributed by atoms with Crippen molar-refractivity contribution in [2.24, 2.45) is 0 Å². The van der Waals surface area contributed by atoms with E-state index in [0.717, 1.165) is 110 Å². The first kappa shape index (κ1) is 37.7. The van der Waals surface area contributed by atoms with Crippen molar-refractivity contribution in [3.05, 3.63) is 55.0 Å². The summed E-state index contributed by atoms with van der Waals surface area (Å²) in [4.78, 5) is 17.1. The molecule has 0 bridgehead atoms. The molecule has 2 aromatic heterocycles. The molecule has 0 saturated carbocycles. The van der Waals surface area contributed by atoms with Gasteiger partial charge in [0.05, 0.1) is 49.9 Å². The number of methoxy groups -OCH3 is 2. The zero-order valence-corrected chi connectivity index (χ0v) is 32.2. The largest absolute Gasteiger partial charge is 0.497 e. The standard InChI is InChI=1S/C38H57N7O4Si/c1-38(2,3)50(6,7)49-22-20-45(32-23-33(47-4)26-34(24-32)48-5)31-11-12-35-36(25-31)41-37(28-39-35)30-27-40-44(29-30)15-10-14-43-18-16-42(17-19-43)13-8-9-21-46/h11-12,23-29,46H,8-10,13-22H2,1-7H3. The molecular weight excluding hydrogens is 647 g/mol. The summed E-state index contributed by atoms with van der Waals surface area (Å²) in [6.45, 7) is 20.3. The molecule has 11 nitrogen and oxygen atoms in total. The molecule has 3 heterocycles. The summed E-state index contributed by atoms with van der Waals surface area (Å²) in [5.74, 6) is 1.45. The summed E-state index contributed by atoms with van der Waals surface area (Å²) >= 11 is 0. The van der Waals surface area contributed by atoms with Crippen molar-refractivity contribution < 1.29 is 19.0 Å². The number of aromatic nitrogens is 4. The summed E-state index contributed by atoms with van der Waals surface area (Å²) in [6.07, 6.45) is 8.81. The predicted molar refractivity (Wildman–Crippen MR) is 204 cm³/mol. The van der Waals surface area contributed by atoms with E-state index in [9.17, 15) is 0 Å². The van der Waals surface area contributed by atoms with Gasteiger partial charge in [0, 0.05) is 87.2 Å². The van der Waals surface area contributed by atoms with Crippen LogP contribution in [-0.2, 0) is 11.0 Å². The van der Waals surface area contributed by atoms with E-state index < -0.39 is 8.32 Å². The van der Waals surface area contributed by atoms with Crippen molar-refractivity contribution >= 4 is 30.7 Å². The van der Waals surface area contributed by atoms with Gasteiger partial charge in [0.2, 0.25) is 0 Å². The highest BCUT2D eigenvalue weighted by molar-refractivity contribution is 6.74. The minimum atomic E-state index is -1.94. The molecule has 4 aromatic rings. The highest BCUT2D eigenvalue weighted by Gasteiger charge is 2.37. The molecule has 12 heteroatoms. The number of fused-ring (bicyclic) bond motifs is 1. The number of rotatable bonds is 17. The highest BCUT2D eigenvalue weighted by Crippen LogP contribution is 2.38. The Bertz CT molecular complexity index is 1640. The molecule has 0 radical (unpaired) electrons. The number of aryl methyl sites for hydroxylation is 1. The van der Waals surface area contributed by atoms with E-state index >= 15 is 0 Å². The van der Waals surface area contributed by atoms with Crippen LogP contribution in [0.25, 0.3) is 22.3 Å². The quantitative estimate of drug-likeness (QED) is 0.0976. The molecule has 1 fully saturated rings. The van der Waals surface area contributed by atoms with Crippen molar-refractivity contribution in [3.8, 4) is 22.8 Å². The van der Waals surface area contributed by atoms with E-state index in [2.05, 4.69) is 72.0 Å². The van der Waals surface area contributed by atoms with Gasteiger partial charge in [0.15, 0.2) is 8.32 Å². The Hall–Kier alpha value is -3.55. The predicted octanol–water partition coefficient (Wildman–Crippen LogP) is 6.45. The summed E-state index contributed by atoms with van der Waals surface area (Å²) in [5.41, 5.74) is 5.34. The van der Waals surface area contributed by atoms with Crippen LogP contribution in [0.2, 0.25) is 18.1 Å². The number of nitrogens with zero attached hydrogens (tertiary/aromatic N) is 7. The molecule has 1 aliphatic rings. The Morgan fingerprint density at radius 1 is 0.820 bits per heavy atom. The molecule has 0 spiro atoms. The zero-order valence-electron chi connectivity index (χ0n) is 31.2. The van der Waals surface area contributed by atoms with Crippen LogP contribution >= 0.6 is 0 Å². The Morgan fingerprint density at radius 3 is 2.14 bits per heavy atom. The first-order valence-corrected chi connectivity index (χ1v) is 20.9. The summed E-state index contributed by atoms with van der Waals surface area (Å²) in [7, 11) is 1.40. The third-order valence-corrected chi connectivity index (χ3v) is 14.7. The maximum absolute atomic E-state index is 9.04. The normalized spacial score (nSPS) is 14.7. The highest BCUT2D eigenvalue weighted by atomic mass is 28.4. The molecule has 272 valence electrons. The lowest BCUT2D eigenvalue weighted by molar-refractivity contribution is 0.126. The van der Waals surface area contributed by atoms with E-state index in [4.69, 9.17) is 29.0 Å². The fraction of sp³-hybridized carbons (Fsp3) is 0.553. The molecule has 0 atom stereocenters. The van der Waals surface area contributed by atoms with Crippen LogP contribution in [0.1, 0.15) is 40.0 Å². The lowest BCUT2D eigenvalue weighted by Crippen LogP contribution is -2.46. The van der Waals surface area contributed by atoms with E-state index in [-0.39, 0.29) is 11.6 Å². The number of hydrogen-bond acceptors (Lipinski definition) is 10. The number of piperazine rings is 1. The summed E-state index contributed by atoms with van der Waals surface area (Å²) in [6, 6.07) is 12.1. The van der Waals surface area contributed by atoms with E-state index in [0.29, 0.717) is 13.2 Å². The van der Waals surface area contributed by atoms with Crippen molar-refractivity contribution in [1.29, 1.82) is 0 Å². The smallest absolute Gasteiger partial charge is 0.192 e. The molecule has 0 unspecified atom stereocenters. The maximum atomic E-state index is 9.04. The van der Waals surface area contributed by atoms with Crippen LogP contribution in [-0.4, -0.2) is 116 Å². The zero-order chi connectivity index (χ0) is 35.7. The van der Waals surface area contributed by atoms with Gasteiger partial charge in [-0.3, -0.25) is 9.67 Å². The fourth-order valence-electron chi connectivity index (χ4n) is 6.03. The minimum absolute atomic E-state index is 0.122. The molecular formula is C38H57N7O4Si. The molecule has 0 amide bonds. The van der Waals surface area contributed by atoms with Crippen LogP contribution in [0.5, 0.6) is 11.5 Å². The van der Waals surface area contributed by atoms with Crippen LogP contribution in [0.4, 0.5) is 11.4 Å². The Labute approximate surface area is 299 Å². The monoisotopic (exact) mass is 703 g/mol. The van der Waals surface area contributed by atoms with Gasteiger partial charge in [-0.05, 0) is 68.7 Å². The van der Waals surface area contributed by atoms with E-state index in [1.165, 1.54) is 0 Å². The van der Waals surface area contributed by atoms with Gasteiger partial charge in [-0.1, -0.05) is 20.8 Å². The van der Waals surface area contributed by atoms with Crippen molar-refractivity contribution in [1.82, 2.24) is 29.5 Å². The third-order valence-electron chi connectivity index (χ3n) is 10.2. The lowest BCUT2D eigenvalue weighted by Gasteiger charge is -2.37. The number of unbranched alkanes of at least 4 members (excludes halogenated alkanes) is 1. The van der Waals surface area contributed by atoms with Gasteiger partial charge in [0.25, 0.3) is 0 Å². The van der Waals surface area contributed by atoms with Gasteiger partial charge in [-0.15, -0.1) is 0 Å². The van der Waals surface area contributed by atoms with Gasteiger partial charge in [-0.25, -0.2) is 4.98 Å². The molecule has 1 saturated heterocycles. The average molecular weight is 704 g/mol. The second-order valence-electron chi connectivity index (χ2n) is 14.7. The number of aliphatic hydroxyl groups is 1. The van der Waals surface area contributed by atoms with Crippen LogP contribution in [0.15, 0.2) is 55.0 Å². The number of ether oxygens (including phenoxy) is 2. The SMILES string of the molecule is COc1cc(OC)cc(N(CCO[Si](C)(C)C(C)(C)C)c2ccc3ncc(-c4cnn(CCCN5CCN(CCCCO)CC5)c4)nc3c2)c1. The number of anilines is 2. The Morgan fingerprint density at radius 2 is 1.50 bits per heavy atom. The number of benzene rings is 2. The number of hydrogen-bond donors (Lipinski definition) is 1. The maximum Gasteiger partial charge on any atom is 0.192 e. The van der Waals surface area contributed by atoms with Crippen LogP contribution in [0.3, 0.4) is 0 Å². The summed E-state index contributed by atoms with van der Waals surface area (Å²) in [5, 5.41) is 13.8. The third kappa shape index (κ3) is 9.82. The van der Waals surface area contributed by atoms with E-state index in [1.807, 2.05) is 41.3 Å². The van der Waals surface area contributed by atoms with Gasteiger partial charge in [0.1, 0.15) is 11.5 Å². The molecule has 2 aromatic carbocycles. The molecule has 1 N–H and O–H groups in total. The first-order chi connectivity index (χ1) is 24.0. The summed E-state index contributed by atoms with van der Waals surface area (Å²) < 4.78 is 19.9. The molecule has 50 heavy (non-hydrogen) atoms. The van der Waals surface area contributed by atoms with Crippen molar-refractivity contribution in [3.63, 3.8) is 0 Å². The first-order valence-electron chi connectivity index (χ1n) is 18.0. The minimum Gasteiger partial charge on any atom is -0.497 e. The van der Waals surface area contributed by atoms with Crippen LogP contribution in [0, 0.1) is 0 Å². The van der Waals surface area contributed by atoms with Crippen LogP contribution < -0.4 is 14.4 Å². The Balaban J connectivity index is 1.28. The second kappa shape index (κ2) is 17.1. The molecule has 5 rings (SSSR count). The number of aliphatic hydroxyl groups excluding tert-OH is 1. The average Bonchev–Trinajstić information content (AvgIpc) is 3.58. The van der Waals surface area contributed by atoms with E-state index in [1.54, 1.807) is 14.2 Å². The fourth-order valence-corrected chi connectivity index (χ4v) is 7.06. The molecule has 1 aliphatic heterocycles. The molecule has 0 aliphatic carbocycles. The van der Waals surface area contributed by atoms with Gasteiger partial charge < -0.3 is 33.7 Å². The Kier molecular flexibility index (Phi) is 12.9. The lowest BCUT2D eigenvalue weighted by atomic mass is 10.2. The van der Waals surface area contributed by atoms with Gasteiger partial charge >= 0.3 is 0 Å².